The van der Waals surface area contributed by atoms with Gasteiger partial charge in [-0.25, -0.2) is 0 Å². The summed E-state index contributed by atoms with van der Waals surface area (Å²) >= 11 is 0. The molecule has 4 rings (SSSR count). The summed E-state index contributed by atoms with van der Waals surface area (Å²) in [6.45, 7) is 5.86. The van der Waals surface area contributed by atoms with Gasteiger partial charge in [-0.15, -0.1) is 0 Å². The quantitative estimate of drug-likeness (QED) is 0.906. The van der Waals surface area contributed by atoms with Gasteiger partial charge in [-0.2, -0.15) is 0 Å². The fourth-order valence-corrected chi connectivity index (χ4v) is 4.15. The van der Waals surface area contributed by atoms with Gasteiger partial charge in [0.2, 0.25) is 0 Å². The number of nitrogens with one attached hydrogen (secondary N) is 2. The molecule has 1 aromatic carbocycles. The Morgan fingerprint density at radius 2 is 2.19 bits per heavy atom. The number of aromatic nitrogens is 1. The van der Waals surface area contributed by atoms with Gasteiger partial charge in [0.25, 0.3) is 0 Å². The molecule has 0 unspecified atom stereocenters. The van der Waals surface area contributed by atoms with Gasteiger partial charge >= 0.3 is 0 Å². The molecule has 3 nitrogen and oxygen atoms in total. The number of hydrogen-bond acceptors (Lipinski definition) is 2. The highest BCUT2D eigenvalue weighted by Crippen LogP contribution is 2.39. The lowest BCUT2D eigenvalue weighted by molar-refractivity contribution is 0.113. The second-order valence-corrected chi connectivity index (χ2v) is 6.54. The lowest BCUT2D eigenvalue weighted by Crippen LogP contribution is -2.47. The highest BCUT2D eigenvalue weighted by atomic mass is 15.2. The molecule has 1 saturated heterocycles. The van der Waals surface area contributed by atoms with E-state index < -0.39 is 0 Å². The number of H-pyrrole nitrogens is 1. The van der Waals surface area contributed by atoms with Crippen molar-refractivity contribution in [2.45, 2.75) is 44.7 Å². The topological polar surface area (TPSA) is 31.1 Å². The van der Waals surface area contributed by atoms with Crippen LogP contribution in [0.4, 0.5) is 0 Å². The molecule has 0 aliphatic carbocycles. The normalized spacial score (nSPS) is 25.8. The number of hydrogen-bond donors (Lipinski definition) is 2. The lowest BCUT2D eigenvalue weighted by atomic mass is 9.88. The molecule has 2 aliphatic rings. The summed E-state index contributed by atoms with van der Waals surface area (Å²) in [5, 5.41) is 5.17. The zero-order valence-corrected chi connectivity index (χ0v) is 12.9. The molecule has 2 atom stereocenters. The Balaban J connectivity index is 1.65. The summed E-state index contributed by atoms with van der Waals surface area (Å²) in [5.41, 5.74) is 4.38. The van der Waals surface area contributed by atoms with E-state index in [1.54, 1.807) is 5.56 Å². The van der Waals surface area contributed by atoms with Crippen LogP contribution >= 0.6 is 0 Å². The summed E-state index contributed by atoms with van der Waals surface area (Å²) in [6.07, 6.45) is 4.97. The van der Waals surface area contributed by atoms with Crippen LogP contribution in [0.1, 0.15) is 43.5 Å². The van der Waals surface area contributed by atoms with Gasteiger partial charge in [-0.1, -0.05) is 25.1 Å². The van der Waals surface area contributed by atoms with Crippen molar-refractivity contribution < 1.29 is 0 Å². The highest BCUT2D eigenvalue weighted by molar-refractivity contribution is 5.85. The molecule has 3 heteroatoms. The SMILES string of the molecule is CCCN[C@H]1CCN2CCc3c([nH]c4ccccc34)[C@@H]2C1. The summed E-state index contributed by atoms with van der Waals surface area (Å²) in [4.78, 5) is 6.40. The minimum atomic E-state index is 0.587. The van der Waals surface area contributed by atoms with Crippen molar-refractivity contribution in [3.8, 4) is 0 Å². The molecule has 0 bridgehead atoms. The average Bonchev–Trinajstić information content (AvgIpc) is 2.92. The highest BCUT2D eigenvalue weighted by Gasteiger charge is 2.35. The molecule has 0 saturated carbocycles. The van der Waals surface area contributed by atoms with Crippen LogP contribution in [0.5, 0.6) is 0 Å². The van der Waals surface area contributed by atoms with Crippen LogP contribution in [0.3, 0.4) is 0 Å². The van der Waals surface area contributed by atoms with E-state index in [-0.39, 0.29) is 0 Å². The van der Waals surface area contributed by atoms with E-state index in [4.69, 9.17) is 0 Å². The van der Waals surface area contributed by atoms with Crippen LogP contribution in [0.15, 0.2) is 24.3 Å². The van der Waals surface area contributed by atoms with Gasteiger partial charge in [0.15, 0.2) is 0 Å². The number of nitrogens with zero attached hydrogens (tertiary/aromatic N) is 1. The first-order valence-corrected chi connectivity index (χ1v) is 8.43. The maximum absolute atomic E-state index is 3.73. The number of aromatic amines is 1. The van der Waals surface area contributed by atoms with Crippen molar-refractivity contribution >= 4 is 10.9 Å². The van der Waals surface area contributed by atoms with Gasteiger partial charge in [-0.3, -0.25) is 4.90 Å². The van der Waals surface area contributed by atoms with Crippen LogP contribution in [0, 0.1) is 0 Å². The van der Waals surface area contributed by atoms with Crippen molar-refractivity contribution in [2.75, 3.05) is 19.6 Å². The lowest BCUT2D eigenvalue weighted by Gasteiger charge is -2.42. The molecule has 2 aromatic rings. The molecule has 2 N–H and O–H groups in total. The Labute approximate surface area is 126 Å². The first-order chi connectivity index (χ1) is 10.4. The molecule has 3 heterocycles. The summed E-state index contributed by atoms with van der Waals surface area (Å²) in [5.74, 6) is 0. The second kappa shape index (κ2) is 5.47. The molecule has 21 heavy (non-hydrogen) atoms. The number of piperidine rings is 1. The van der Waals surface area contributed by atoms with Crippen LogP contribution < -0.4 is 5.32 Å². The minimum absolute atomic E-state index is 0.587. The van der Waals surface area contributed by atoms with Gasteiger partial charge in [-0.05, 0) is 43.9 Å². The Morgan fingerprint density at radius 3 is 3.10 bits per heavy atom. The minimum Gasteiger partial charge on any atom is -0.357 e. The van der Waals surface area contributed by atoms with Crippen molar-refractivity contribution in [1.82, 2.24) is 15.2 Å². The van der Waals surface area contributed by atoms with E-state index in [2.05, 4.69) is 46.4 Å². The number of para-hydroxylation sites is 1. The third-order valence-corrected chi connectivity index (χ3v) is 5.23. The third-order valence-electron chi connectivity index (χ3n) is 5.23. The molecule has 0 amide bonds. The number of rotatable bonds is 3. The average molecular weight is 283 g/mol. The number of benzene rings is 1. The predicted octanol–water partition coefficient (Wildman–Crippen LogP) is 3.23. The number of fused-ring (bicyclic) bond motifs is 5. The molecule has 2 aliphatic heterocycles. The fraction of sp³-hybridized carbons (Fsp3) is 0.556. The monoisotopic (exact) mass is 283 g/mol. The van der Waals surface area contributed by atoms with Crippen LogP contribution in [-0.4, -0.2) is 35.6 Å². The molecule has 1 aromatic heterocycles. The summed E-state index contributed by atoms with van der Waals surface area (Å²) < 4.78 is 0. The predicted molar refractivity (Wildman–Crippen MR) is 87.6 cm³/mol. The van der Waals surface area contributed by atoms with Crippen LogP contribution in [-0.2, 0) is 6.42 Å². The van der Waals surface area contributed by atoms with Gasteiger partial charge < -0.3 is 10.3 Å². The van der Waals surface area contributed by atoms with E-state index in [0.717, 1.165) is 6.54 Å². The zero-order valence-electron chi connectivity index (χ0n) is 12.9. The van der Waals surface area contributed by atoms with Crippen molar-refractivity contribution in [1.29, 1.82) is 0 Å². The van der Waals surface area contributed by atoms with E-state index in [9.17, 15) is 0 Å². The summed E-state index contributed by atoms with van der Waals surface area (Å²) in [7, 11) is 0. The third kappa shape index (κ3) is 2.29. The molecular formula is C18H25N3. The maximum Gasteiger partial charge on any atom is 0.0516 e. The first-order valence-electron chi connectivity index (χ1n) is 8.43. The standard InChI is InChI=1S/C18H25N3/c1-2-9-19-13-7-10-21-11-8-15-14-5-3-4-6-16(14)20-18(15)17(21)12-13/h3-6,13,17,19-20H,2,7-12H2,1H3/t13-,17-/m0/s1. The van der Waals surface area contributed by atoms with Gasteiger partial charge in [0.05, 0.1) is 6.04 Å². The van der Waals surface area contributed by atoms with Gasteiger partial charge in [0.1, 0.15) is 0 Å². The van der Waals surface area contributed by atoms with Crippen molar-refractivity contribution in [3.05, 3.63) is 35.5 Å². The van der Waals surface area contributed by atoms with E-state index in [1.165, 1.54) is 55.4 Å². The van der Waals surface area contributed by atoms with Crippen LogP contribution in [0.25, 0.3) is 10.9 Å². The first kappa shape index (κ1) is 13.4. The molecular weight excluding hydrogens is 258 g/mol. The molecule has 0 radical (unpaired) electrons. The van der Waals surface area contributed by atoms with Gasteiger partial charge in [0, 0.05) is 35.7 Å². The van der Waals surface area contributed by atoms with E-state index in [0.29, 0.717) is 12.1 Å². The Morgan fingerprint density at radius 1 is 1.29 bits per heavy atom. The Hall–Kier alpha value is -1.32. The van der Waals surface area contributed by atoms with Crippen molar-refractivity contribution in [2.24, 2.45) is 0 Å². The molecule has 0 spiro atoms. The largest absolute Gasteiger partial charge is 0.357 e. The summed E-state index contributed by atoms with van der Waals surface area (Å²) in [6, 6.07) is 10.1. The Bertz CT molecular complexity index is 630. The molecule has 1 fully saturated rings. The fourth-order valence-electron chi connectivity index (χ4n) is 4.15. The van der Waals surface area contributed by atoms with Crippen molar-refractivity contribution in [3.63, 3.8) is 0 Å². The molecule has 112 valence electrons. The smallest absolute Gasteiger partial charge is 0.0516 e. The van der Waals surface area contributed by atoms with E-state index >= 15 is 0 Å². The van der Waals surface area contributed by atoms with Crippen LogP contribution in [0.2, 0.25) is 0 Å². The maximum atomic E-state index is 3.73. The Kier molecular flexibility index (Phi) is 3.48. The van der Waals surface area contributed by atoms with E-state index in [1.807, 2.05) is 0 Å². The second-order valence-electron chi connectivity index (χ2n) is 6.54. The zero-order chi connectivity index (χ0) is 14.2.